The number of halogens is 6. The Kier molecular flexibility index (Phi) is 6.79. The van der Waals surface area contributed by atoms with Gasteiger partial charge in [-0.2, -0.15) is 30.9 Å². The predicted molar refractivity (Wildman–Crippen MR) is 150 cm³/mol. The van der Waals surface area contributed by atoms with Crippen LogP contribution < -0.4 is 0 Å². The van der Waals surface area contributed by atoms with Crippen molar-refractivity contribution in [1.82, 2.24) is 0 Å². The van der Waals surface area contributed by atoms with Crippen molar-refractivity contribution in [3.63, 3.8) is 0 Å². The highest BCUT2D eigenvalue weighted by Gasteiger charge is 2.80. The third kappa shape index (κ3) is 3.97. The molecule has 0 atom stereocenters. The number of β-amino-alcohol motifs (C(OH)–C–C–N with tert-alkyl or cyclic N) is 1. The second-order valence-corrected chi connectivity index (χ2v) is 13.4. The maximum absolute atomic E-state index is 15.3. The normalized spacial score (nSPS) is 20.7. The minimum absolute atomic E-state index is 0.0973. The first-order chi connectivity index (χ1) is 18.6. The Bertz CT molecular complexity index is 1610. The molecule has 0 radical (unpaired) electrons. The zero-order valence-electron chi connectivity index (χ0n) is 22.5. The first-order valence-corrected chi connectivity index (χ1v) is 14.3. The van der Waals surface area contributed by atoms with Crippen molar-refractivity contribution < 1.29 is 36.0 Å². The van der Waals surface area contributed by atoms with Crippen LogP contribution in [0.5, 0.6) is 0 Å². The zero-order chi connectivity index (χ0) is 29.4. The Morgan fingerprint density at radius 2 is 1.40 bits per heavy atom. The summed E-state index contributed by atoms with van der Waals surface area (Å²) < 4.78 is 92.5. The molecule has 0 amide bonds. The van der Waals surface area contributed by atoms with Crippen molar-refractivity contribution >= 4 is 51.3 Å². The molecule has 40 heavy (non-hydrogen) atoms. The number of thiophene rings is 2. The highest BCUT2D eigenvalue weighted by Crippen LogP contribution is 2.65. The van der Waals surface area contributed by atoms with Gasteiger partial charge in [0.1, 0.15) is 6.61 Å². The van der Waals surface area contributed by atoms with Crippen LogP contribution in [0.3, 0.4) is 0 Å². The van der Waals surface area contributed by atoms with E-state index in [4.69, 9.17) is 0 Å². The van der Waals surface area contributed by atoms with Gasteiger partial charge >= 0.3 is 17.8 Å². The molecular weight excluding hydrogens is 568 g/mol. The summed E-state index contributed by atoms with van der Waals surface area (Å²) in [6, 6.07) is 10.3. The summed E-state index contributed by atoms with van der Waals surface area (Å²) in [6.45, 7) is 8.84. The molecule has 1 N–H and O–H groups in total. The van der Waals surface area contributed by atoms with Gasteiger partial charge in [-0.1, -0.05) is 18.2 Å². The third-order valence-electron chi connectivity index (χ3n) is 7.71. The predicted octanol–water partition coefficient (Wildman–Crippen LogP) is 8.65. The van der Waals surface area contributed by atoms with E-state index >= 15 is 17.6 Å². The van der Waals surface area contributed by atoms with Crippen LogP contribution in [0.4, 0.5) is 32.0 Å². The van der Waals surface area contributed by atoms with Gasteiger partial charge in [-0.25, -0.2) is 0 Å². The number of alkyl halides is 6. The van der Waals surface area contributed by atoms with E-state index in [0.29, 0.717) is 16.3 Å². The summed E-state index contributed by atoms with van der Waals surface area (Å²) in [5.74, 6) is -15.7. The molecule has 0 saturated carbocycles. The fraction of sp³-hybridized carbons (Fsp3) is 0.367. The molecule has 3 aromatic rings. The molecule has 0 unspecified atom stereocenters. The Hall–Kier alpha value is -2.69. The van der Waals surface area contributed by atoms with Crippen LogP contribution >= 0.6 is 22.7 Å². The van der Waals surface area contributed by atoms with Gasteiger partial charge in [-0.3, -0.25) is 0 Å². The number of aliphatic hydroxyl groups is 1. The second kappa shape index (κ2) is 9.42. The number of hydrogen-bond acceptors (Lipinski definition) is 3. The number of benzene rings is 1. The lowest BCUT2D eigenvalue weighted by atomic mass is 9.81. The van der Waals surface area contributed by atoms with Crippen molar-refractivity contribution in [2.75, 3.05) is 13.2 Å². The van der Waals surface area contributed by atoms with Gasteiger partial charge in [-0.15, -0.1) is 22.7 Å². The van der Waals surface area contributed by atoms with E-state index in [1.807, 2.05) is 48.8 Å². The molecule has 1 aliphatic carbocycles. The molecule has 10 heteroatoms. The molecule has 1 aromatic carbocycles. The Balaban J connectivity index is 1.66. The van der Waals surface area contributed by atoms with E-state index in [2.05, 4.69) is 0 Å². The molecule has 5 rings (SSSR count). The van der Waals surface area contributed by atoms with Gasteiger partial charge in [0.25, 0.3) is 0 Å². The lowest BCUT2D eigenvalue weighted by molar-refractivity contribution is -0.440. The van der Waals surface area contributed by atoms with Gasteiger partial charge in [0.05, 0.1) is 5.41 Å². The van der Waals surface area contributed by atoms with E-state index in [0.717, 1.165) is 39.6 Å². The summed E-state index contributed by atoms with van der Waals surface area (Å²) in [5.41, 5.74) is -0.809. The summed E-state index contributed by atoms with van der Waals surface area (Å²) in [4.78, 5) is 1.52. The van der Waals surface area contributed by atoms with Gasteiger partial charge in [-0.05, 0) is 64.0 Å². The SMILES string of the molecule is Cc1cc(C2=C(c3cc(/C=C/C4=[N+](CCO)c5ccccc5C4(C)C)sc3C)C(F)(F)C(F)(F)C2(F)F)c(C)s1. The average molecular weight is 597 g/mol. The lowest BCUT2D eigenvalue weighted by Crippen LogP contribution is -2.48. The van der Waals surface area contributed by atoms with Crippen LogP contribution in [0.1, 0.15) is 50.0 Å². The first-order valence-electron chi connectivity index (χ1n) is 12.7. The average Bonchev–Trinajstić information content (AvgIpc) is 3.49. The molecule has 0 saturated heterocycles. The molecule has 2 aliphatic rings. The first kappa shape index (κ1) is 28.8. The Morgan fingerprint density at radius 3 is 1.98 bits per heavy atom. The number of rotatable bonds is 6. The molecule has 0 bridgehead atoms. The number of aryl methyl sites for hydroxylation is 3. The minimum atomic E-state index is -5.59. The van der Waals surface area contributed by atoms with E-state index in [-0.39, 0.29) is 27.5 Å². The topological polar surface area (TPSA) is 23.2 Å². The maximum atomic E-state index is 15.3. The van der Waals surface area contributed by atoms with Crippen LogP contribution in [0.2, 0.25) is 0 Å². The number of para-hydroxylation sites is 1. The molecule has 1 aliphatic heterocycles. The molecule has 0 spiro atoms. The van der Waals surface area contributed by atoms with Crippen molar-refractivity contribution in [2.24, 2.45) is 0 Å². The molecular formula is C30H28F6NOS2+. The maximum Gasteiger partial charge on any atom is 0.380 e. The quantitative estimate of drug-likeness (QED) is 0.223. The Labute approximate surface area is 236 Å². The fourth-order valence-electron chi connectivity index (χ4n) is 5.79. The van der Waals surface area contributed by atoms with E-state index in [1.165, 1.54) is 26.0 Å². The van der Waals surface area contributed by atoms with Crippen LogP contribution in [0.15, 0.2) is 42.5 Å². The lowest BCUT2D eigenvalue weighted by Gasteiger charge is -2.25. The molecule has 2 nitrogen and oxygen atoms in total. The molecule has 0 fully saturated rings. The summed E-state index contributed by atoms with van der Waals surface area (Å²) in [5, 5.41) is 9.69. The van der Waals surface area contributed by atoms with E-state index < -0.39 is 34.3 Å². The summed E-state index contributed by atoms with van der Waals surface area (Å²) in [6.07, 6.45) is 3.49. The number of fused-ring (bicyclic) bond motifs is 1. The van der Waals surface area contributed by atoms with Crippen LogP contribution in [-0.4, -0.2) is 46.3 Å². The van der Waals surface area contributed by atoms with E-state index in [9.17, 15) is 13.9 Å². The molecule has 3 heterocycles. The Morgan fingerprint density at radius 1 is 0.825 bits per heavy atom. The second-order valence-electron chi connectivity index (χ2n) is 10.7. The zero-order valence-corrected chi connectivity index (χ0v) is 24.1. The monoisotopic (exact) mass is 596 g/mol. The number of hydrogen-bond donors (Lipinski definition) is 1. The van der Waals surface area contributed by atoms with Gasteiger partial charge in [0.2, 0.25) is 5.69 Å². The highest BCUT2D eigenvalue weighted by atomic mass is 32.1. The summed E-state index contributed by atoms with van der Waals surface area (Å²) in [7, 11) is 0. The van der Waals surface area contributed by atoms with E-state index in [1.54, 1.807) is 13.0 Å². The van der Waals surface area contributed by atoms with Crippen molar-refractivity contribution in [2.45, 2.75) is 57.8 Å². The number of nitrogens with zero attached hydrogens (tertiary/aromatic N) is 1. The third-order valence-corrected chi connectivity index (χ3v) is 9.69. The van der Waals surface area contributed by atoms with Crippen molar-refractivity contribution in [3.05, 3.63) is 78.7 Å². The highest BCUT2D eigenvalue weighted by molar-refractivity contribution is 7.13. The van der Waals surface area contributed by atoms with Crippen LogP contribution in [-0.2, 0) is 5.41 Å². The van der Waals surface area contributed by atoms with Gasteiger partial charge in [0, 0.05) is 48.4 Å². The van der Waals surface area contributed by atoms with Gasteiger partial charge in [0.15, 0.2) is 12.3 Å². The fourth-order valence-corrected chi connectivity index (χ4v) is 7.66. The molecule has 2 aromatic heterocycles. The van der Waals surface area contributed by atoms with Gasteiger partial charge < -0.3 is 5.11 Å². The summed E-state index contributed by atoms with van der Waals surface area (Å²) >= 11 is 2.16. The molecule has 212 valence electrons. The van der Waals surface area contributed by atoms with Crippen molar-refractivity contribution in [3.8, 4) is 0 Å². The number of aliphatic hydroxyl groups excluding tert-OH is 1. The van der Waals surface area contributed by atoms with Crippen LogP contribution in [0.25, 0.3) is 17.2 Å². The van der Waals surface area contributed by atoms with Crippen molar-refractivity contribution in [1.29, 1.82) is 0 Å². The standard InChI is InChI=1S/C30H28F6NOS2/c1-16-14-20(17(2)39-16)25-26(29(33,34)30(35,36)28(25,31)32)21-15-19(40-18(21)3)10-11-24-27(4,5)22-8-6-7-9-23(22)37(24)12-13-38/h6-11,14-15,38H,12-13H2,1-5H3/q+1/b11-10+. The largest absolute Gasteiger partial charge is 0.390 e. The van der Waals surface area contributed by atoms with Crippen LogP contribution in [0, 0.1) is 20.8 Å². The minimum Gasteiger partial charge on any atom is -0.390 e. The number of allylic oxidation sites excluding steroid dienone is 3. The smallest absolute Gasteiger partial charge is 0.380 e.